The van der Waals surface area contributed by atoms with Crippen molar-refractivity contribution in [3.8, 4) is 0 Å². The van der Waals surface area contributed by atoms with Crippen LogP contribution in [0, 0.1) is 0 Å². The van der Waals surface area contributed by atoms with Gasteiger partial charge in [-0.1, -0.05) is 77.7 Å². The summed E-state index contributed by atoms with van der Waals surface area (Å²) < 4.78 is 3.81. The Morgan fingerprint density at radius 1 is 0.882 bits per heavy atom. The molecule has 0 atom stereocenters. The van der Waals surface area contributed by atoms with E-state index in [1.165, 1.54) is 58.0 Å². The number of hydrogen-bond donors (Lipinski definition) is 0. The molecule has 5 aromatic rings. The fourth-order valence-electron chi connectivity index (χ4n) is 4.96. The SMILES string of the molecule is CCN1/C(=C\C(C)=C\c2sc3c4ccccc4ccc3[n+]2CC)Sc2c1ccc1ccccc21. The van der Waals surface area contributed by atoms with E-state index in [0.717, 1.165) is 13.1 Å². The van der Waals surface area contributed by atoms with Gasteiger partial charge in [-0.3, -0.25) is 0 Å². The highest BCUT2D eigenvalue weighted by atomic mass is 32.2. The number of nitrogens with zero attached hydrogens (tertiary/aromatic N) is 2. The van der Waals surface area contributed by atoms with Crippen LogP contribution in [0.1, 0.15) is 25.8 Å². The van der Waals surface area contributed by atoms with E-state index in [9.17, 15) is 0 Å². The molecule has 1 aliphatic heterocycles. The number of aromatic nitrogens is 1. The molecule has 2 heterocycles. The van der Waals surface area contributed by atoms with Crippen molar-refractivity contribution in [2.24, 2.45) is 0 Å². The molecule has 0 spiro atoms. The van der Waals surface area contributed by atoms with E-state index in [1.807, 2.05) is 23.1 Å². The van der Waals surface area contributed by atoms with Crippen molar-refractivity contribution in [1.82, 2.24) is 0 Å². The lowest BCUT2D eigenvalue weighted by Gasteiger charge is -2.18. The second kappa shape index (κ2) is 8.61. The highest BCUT2D eigenvalue weighted by Crippen LogP contribution is 2.49. The second-order valence-electron chi connectivity index (χ2n) is 8.67. The first kappa shape index (κ1) is 21.5. The molecule has 0 saturated carbocycles. The van der Waals surface area contributed by atoms with Gasteiger partial charge in [0, 0.05) is 29.0 Å². The number of allylic oxidation sites excluding steroid dienone is 2. The van der Waals surface area contributed by atoms with Gasteiger partial charge in [0.1, 0.15) is 11.2 Å². The smallest absolute Gasteiger partial charge is 0.263 e. The van der Waals surface area contributed by atoms with E-state index in [2.05, 4.69) is 115 Å². The first-order valence-electron chi connectivity index (χ1n) is 11.9. The van der Waals surface area contributed by atoms with Crippen molar-refractivity contribution in [3.63, 3.8) is 0 Å². The van der Waals surface area contributed by atoms with Gasteiger partial charge in [0.15, 0.2) is 0 Å². The van der Waals surface area contributed by atoms with Crippen molar-refractivity contribution in [3.05, 3.63) is 94.5 Å². The molecule has 0 fully saturated rings. The molecule has 0 N–H and O–H groups in total. The average Bonchev–Trinajstić information content (AvgIpc) is 3.40. The van der Waals surface area contributed by atoms with Gasteiger partial charge in [-0.25, -0.2) is 0 Å². The molecule has 6 rings (SSSR count). The number of rotatable bonds is 4. The zero-order valence-electron chi connectivity index (χ0n) is 19.7. The topological polar surface area (TPSA) is 7.12 Å². The van der Waals surface area contributed by atoms with Crippen LogP contribution in [-0.2, 0) is 6.54 Å². The summed E-state index contributed by atoms with van der Waals surface area (Å²) >= 11 is 3.79. The Morgan fingerprint density at radius 3 is 2.35 bits per heavy atom. The van der Waals surface area contributed by atoms with Crippen LogP contribution in [0.25, 0.3) is 37.8 Å². The maximum atomic E-state index is 2.44. The Kier molecular flexibility index (Phi) is 5.43. The van der Waals surface area contributed by atoms with Gasteiger partial charge in [-0.15, -0.1) is 0 Å². The molecule has 1 aliphatic rings. The predicted molar refractivity (Wildman–Crippen MR) is 150 cm³/mol. The zero-order chi connectivity index (χ0) is 23.2. The van der Waals surface area contributed by atoms with E-state index >= 15 is 0 Å². The summed E-state index contributed by atoms with van der Waals surface area (Å²) in [5, 5.41) is 7.90. The second-order valence-corrected chi connectivity index (χ2v) is 10.7. The predicted octanol–water partition coefficient (Wildman–Crippen LogP) is 8.39. The number of fused-ring (bicyclic) bond motifs is 6. The van der Waals surface area contributed by atoms with Gasteiger partial charge >= 0.3 is 0 Å². The largest absolute Gasteiger partial charge is 0.335 e. The van der Waals surface area contributed by atoms with Crippen LogP contribution in [0.15, 0.2) is 94.4 Å². The first-order valence-corrected chi connectivity index (χ1v) is 13.5. The minimum absolute atomic E-state index is 0.960. The standard InChI is InChI=1S/C30H27N2S2/c1-4-31-25-16-14-21-10-6-8-12-23(21)29(25)33-27(31)18-20(3)19-28-32(5-2)26-17-15-22-11-7-9-13-24(22)30(26)34-28/h6-19H,4-5H2,1-3H3/q+1. The lowest BCUT2D eigenvalue weighted by molar-refractivity contribution is -0.665. The molecule has 0 saturated heterocycles. The van der Waals surface area contributed by atoms with Gasteiger partial charge in [-0.05, 0) is 60.7 Å². The summed E-state index contributed by atoms with van der Waals surface area (Å²) in [4.78, 5) is 3.81. The molecule has 0 radical (unpaired) electrons. The van der Waals surface area contributed by atoms with E-state index in [4.69, 9.17) is 0 Å². The monoisotopic (exact) mass is 479 g/mol. The molecule has 0 unspecified atom stereocenters. The number of thioether (sulfide) groups is 1. The van der Waals surface area contributed by atoms with E-state index in [-0.39, 0.29) is 0 Å². The molecule has 0 bridgehead atoms. The Hall–Kier alpha value is -3.08. The van der Waals surface area contributed by atoms with Gasteiger partial charge < -0.3 is 4.90 Å². The van der Waals surface area contributed by atoms with Gasteiger partial charge in [0.2, 0.25) is 5.52 Å². The third-order valence-corrected chi connectivity index (χ3v) is 8.94. The number of hydrogen-bond acceptors (Lipinski definition) is 3. The van der Waals surface area contributed by atoms with Crippen molar-refractivity contribution in [2.45, 2.75) is 32.2 Å². The Morgan fingerprint density at radius 2 is 1.59 bits per heavy atom. The van der Waals surface area contributed by atoms with E-state index < -0.39 is 0 Å². The fourth-order valence-corrected chi connectivity index (χ4v) is 7.70. The molecular weight excluding hydrogens is 452 g/mol. The van der Waals surface area contributed by atoms with Crippen LogP contribution in [-0.4, -0.2) is 6.54 Å². The maximum Gasteiger partial charge on any atom is 0.263 e. The van der Waals surface area contributed by atoms with Crippen molar-refractivity contribution >= 4 is 66.6 Å². The molecule has 34 heavy (non-hydrogen) atoms. The Bertz CT molecular complexity index is 1620. The van der Waals surface area contributed by atoms with Crippen molar-refractivity contribution in [2.75, 3.05) is 11.4 Å². The van der Waals surface area contributed by atoms with Crippen LogP contribution < -0.4 is 9.47 Å². The van der Waals surface area contributed by atoms with Crippen LogP contribution in [0.5, 0.6) is 0 Å². The number of benzene rings is 4. The van der Waals surface area contributed by atoms with Crippen LogP contribution in [0.4, 0.5) is 5.69 Å². The third-order valence-electron chi connectivity index (χ3n) is 6.58. The molecule has 4 aromatic carbocycles. The molecule has 2 nitrogen and oxygen atoms in total. The van der Waals surface area contributed by atoms with Crippen molar-refractivity contribution < 1.29 is 4.57 Å². The first-order chi connectivity index (χ1) is 16.7. The number of anilines is 1. The van der Waals surface area contributed by atoms with Crippen LogP contribution in [0.2, 0.25) is 0 Å². The van der Waals surface area contributed by atoms with Gasteiger partial charge in [0.05, 0.1) is 10.7 Å². The molecular formula is C30H27N2S2+. The van der Waals surface area contributed by atoms with Gasteiger partial charge in [0.25, 0.3) is 5.01 Å². The van der Waals surface area contributed by atoms with Crippen LogP contribution >= 0.6 is 23.1 Å². The minimum atomic E-state index is 0.960. The molecule has 1 aromatic heterocycles. The number of aryl methyl sites for hydroxylation is 1. The normalized spacial score (nSPS) is 15.2. The fraction of sp³-hybridized carbons (Fsp3) is 0.167. The lowest BCUT2D eigenvalue weighted by Crippen LogP contribution is -2.33. The molecule has 4 heteroatoms. The van der Waals surface area contributed by atoms with E-state index in [0.29, 0.717) is 0 Å². The highest BCUT2D eigenvalue weighted by Gasteiger charge is 2.26. The quantitative estimate of drug-likeness (QED) is 0.239. The average molecular weight is 480 g/mol. The summed E-state index contributed by atoms with van der Waals surface area (Å²) in [6.07, 6.45) is 4.71. The molecule has 0 aliphatic carbocycles. The summed E-state index contributed by atoms with van der Waals surface area (Å²) in [6, 6.07) is 26.4. The summed E-state index contributed by atoms with van der Waals surface area (Å²) in [5.74, 6) is 0. The van der Waals surface area contributed by atoms with Gasteiger partial charge in [-0.2, -0.15) is 4.57 Å². The Labute approximate surface area is 208 Å². The summed E-state index contributed by atoms with van der Waals surface area (Å²) in [7, 11) is 0. The highest BCUT2D eigenvalue weighted by molar-refractivity contribution is 8.04. The lowest BCUT2D eigenvalue weighted by atomic mass is 10.1. The minimum Gasteiger partial charge on any atom is -0.335 e. The summed E-state index contributed by atoms with van der Waals surface area (Å²) in [5.41, 5.74) is 3.92. The Balaban J connectivity index is 1.43. The summed E-state index contributed by atoms with van der Waals surface area (Å²) in [6.45, 7) is 8.62. The number of thiazole rings is 1. The molecule has 168 valence electrons. The van der Waals surface area contributed by atoms with Crippen LogP contribution in [0.3, 0.4) is 0 Å². The van der Waals surface area contributed by atoms with E-state index in [1.54, 1.807) is 0 Å². The van der Waals surface area contributed by atoms with Crippen molar-refractivity contribution in [1.29, 1.82) is 0 Å². The zero-order valence-corrected chi connectivity index (χ0v) is 21.3. The molecule has 0 amide bonds. The third kappa shape index (κ3) is 3.44. The maximum absolute atomic E-state index is 2.44.